The first kappa shape index (κ1) is 12.6. The van der Waals surface area contributed by atoms with Gasteiger partial charge in [-0.05, 0) is 26.7 Å². The molecule has 3 unspecified atom stereocenters. The molecule has 1 amide bonds. The van der Waals surface area contributed by atoms with Crippen LogP contribution in [-0.4, -0.2) is 40.3 Å². The first-order chi connectivity index (χ1) is 7.00. The Kier molecular flexibility index (Phi) is 4.73. The SMILES string of the molecule is CC(NCC(C)S(C)=O)C(=O)NC1CC1. The van der Waals surface area contributed by atoms with Crippen molar-refractivity contribution in [3.05, 3.63) is 0 Å². The van der Waals surface area contributed by atoms with E-state index in [-0.39, 0.29) is 17.2 Å². The molecular formula is C10H20N2O2S. The van der Waals surface area contributed by atoms with Gasteiger partial charge in [0.25, 0.3) is 0 Å². The fraction of sp³-hybridized carbons (Fsp3) is 0.900. The van der Waals surface area contributed by atoms with Gasteiger partial charge in [-0.2, -0.15) is 0 Å². The molecular weight excluding hydrogens is 212 g/mol. The second-order valence-electron chi connectivity index (χ2n) is 4.22. The highest BCUT2D eigenvalue weighted by atomic mass is 32.2. The van der Waals surface area contributed by atoms with Crippen molar-refractivity contribution in [2.75, 3.05) is 12.8 Å². The Bertz CT molecular complexity index is 254. The van der Waals surface area contributed by atoms with Crippen molar-refractivity contribution in [2.24, 2.45) is 0 Å². The van der Waals surface area contributed by atoms with E-state index in [1.807, 2.05) is 13.8 Å². The summed E-state index contributed by atoms with van der Waals surface area (Å²) in [5.74, 6) is 0.0478. The number of carbonyl (C=O) groups is 1. The third-order valence-corrected chi connectivity index (χ3v) is 3.90. The van der Waals surface area contributed by atoms with Crippen LogP contribution in [0.25, 0.3) is 0 Å². The van der Waals surface area contributed by atoms with E-state index in [1.54, 1.807) is 6.26 Å². The summed E-state index contributed by atoms with van der Waals surface area (Å²) in [6.45, 7) is 4.36. The van der Waals surface area contributed by atoms with Crippen LogP contribution in [0, 0.1) is 0 Å². The standard InChI is InChI=1S/C10H20N2O2S/c1-7(15(3)14)6-11-8(2)10(13)12-9-4-5-9/h7-9,11H,4-6H2,1-3H3,(H,12,13). The normalized spacial score (nSPS) is 21.8. The van der Waals surface area contributed by atoms with Gasteiger partial charge < -0.3 is 10.6 Å². The minimum atomic E-state index is -0.833. The lowest BCUT2D eigenvalue weighted by atomic mass is 10.3. The largest absolute Gasteiger partial charge is 0.352 e. The first-order valence-corrected chi connectivity index (χ1v) is 6.99. The van der Waals surface area contributed by atoms with Crippen molar-refractivity contribution in [3.63, 3.8) is 0 Å². The third kappa shape index (κ3) is 4.75. The van der Waals surface area contributed by atoms with Crippen LogP contribution in [0.4, 0.5) is 0 Å². The molecule has 1 aliphatic rings. The molecule has 0 aromatic carbocycles. The van der Waals surface area contributed by atoms with Crippen molar-refractivity contribution in [1.29, 1.82) is 0 Å². The molecule has 0 radical (unpaired) electrons. The Morgan fingerprint density at radius 3 is 2.53 bits per heavy atom. The maximum atomic E-state index is 11.5. The van der Waals surface area contributed by atoms with Gasteiger partial charge in [0.05, 0.1) is 6.04 Å². The number of carbonyl (C=O) groups excluding carboxylic acids is 1. The van der Waals surface area contributed by atoms with Gasteiger partial charge >= 0.3 is 0 Å². The zero-order valence-electron chi connectivity index (χ0n) is 9.58. The number of nitrogens with one attached hydrogen (secondary N) is 2. The van der Waals surface area contributed by atoms with E-state index >= 15 is 0 Å². The maximum Gasteiger partial charge on any atom is 0.237 e. The molecule has 0 heterocycles. The van der Waals surface area contributed by atoms with E-state index < -0.39 is 10.8 Å². The van der Waals surface area contributed by atoms with Crippen LogP contribution in [0.3, 0.4) is 0 Å². The Morgan fingerprint density at radius 2 is 2.07 bits per heavy atom. The minimum absolute atomic E-state index is 0.0478. The van der Waals surface area contributed by atoms with E-state index in [0.717, 1.165) is 12.8 Å². The fourth-order valence-electron chi connectivity index (χ4n) is 1.11. The van der Waals surface area contributed by atoms with E-state index in [1.165, 1.54) is 0 Å². The molecule has 4 nitrogen and oxygen atoms in total. The van der Waals surface area contributed by atoms with E-state index in [0.29, 0.717) is 12.6 Å². The van der Waals surface area contributed by atoms with Gasteiger partial charge in [-0.15, -0.1) is 0 Å². The van der Waals surface area contributed by atoms with Gasteiger partial charge in [-0.3, -0.25) is 9.00 Å². The Balaban J connectivity index is 2.18. The lowest BCUT2D eigenvalue weighted by Crippen LogP contribution is -2.45. The summed E-state index contributed by atoms with van der Waals surface area (Å²) in [7, 11) is -0.833. The summed E-state index contributed by atoms with van der Waals surface area (Å²) in [4.78, 5) is 11.5. The Hall–Kier alpha value is -0.420. The second kappa shape index (κ2) is 5.61. The van der Waals surface area contributed by atoms with E-state index in [4.69, 9.17) is 0 Å². The summed E-state index contributed by atoms with van der Waals surface area (Å²) in [5.41, 5.74) is 0. The quantitative estimate of drug-likeness (QED) is 0.678. The molecule has 0 aliphatic heterocycles. The summed E-state index contributed by atoms with van der Waals surface area (Å²) in [6, 6.07) is 0.205. The molecule has 0 spiro atoms. The predicted molar refractivity (Wildman–Crippen MR) is 62.2 cm³/mol. The topological polar surface area (TPSA) is 58.2 Å². The molecule has 0 aromatic heterocycles. The zero-order chi connectivity index (χ0) is 11.4. The van der Waals surface area contributed by atoms with Crippen molar-refractivity contribution in [1.82, 2.24) is 10.6 Å². The van der Waals surface area contributed by atoms with Crippen LogP contribution in [0.15, 0.2) is 0 Å². The van der Waals surface area contributed by atoms with Crippen LogP contribution in [0.2, 0.25) is 0 Å². The molecule has 15 heavy (non-hydrogen) atoms. The van der Waals surface area contributed by atoms with Crippen molar-refractivity contribution in [3.8, 4) is 0 Å². The molecule has 0 aromatic rings. The highest BCUT2D eigenvalue weighted by Gasteiger charge is 2.25. The van der Waals surface area contributed by atoms with Crippen LogP contribution >= 0.6 is 0 Å². The minimum Gasteiger partial charge on any atom is -0.352 e. The zero-order valence-corrected chi connectivity index (χ0v) is 10.4. The highest BCUT2D eigenvalue weighted by Crippen LogP contribution is 2.18. The van der Waals surface area contributed by atoms with E-state index in [2.05, 4.69) is 10.6 Å². The van der Waals surface area contributed by atoms with Gasteiger partial charge in [0, 0.05) is 34.9 Å². The number of hydrogen-bond donors (Lipinski definition) is 2. The Labute approximate surface area is 93.7 Å². The first-order valence-electron chi connectivity index (χ1n) is 5.36. The number of hydrogen-bond acceptors (Lipinski definition) is 3. The van der Waals surface area contributed by atoms with Crippen molar-refractivity contribution in [2.45, 2.75) is 44.0 Å². The summed E-state index contributed by atoms with van der Waals surface area (Å²) in [5, 5.41) is 6.11. The van der Waals surface area contributed by atoms with Crippen LogP contribution in [0.1, 0.15) is 26.7 Å². The van der Waals surface area contributed by atoms with Gasteiger partial charge in [0.15, 0.2) is 0 Å². The lowest BCUT2D eigenvalue weighted by Gasteiger charge is -2.16. The second-order valence-corrected chi connectivity index (χ2v) is 6.02. The summed E-state index contributed by atoms with van der Waals surface area (Å²) >= 11 is 0. The molecule has 1 fully saturated rings. The van der Waals surface area contributed by atoms with Crippen LogP contribution in [-0.2, 0) is 15.6 Å². The molecule has 1 saturated carbocycles. The molecule has 1 rings (SSSR count). The average molecular weight is 232 g/mol. The third-order valence-electron chi connectivity index (χ3n) is 2.60. The lowest BCUT2D eigenvalue weighted by molar-refractivity contribution is -0.122. The molecule has 1 aliphatic carbocycles. The molecule has 0 bridgehead atoms. The fourth-order valence-corrected chi connectivity index (χ4v) is 1.44. The van der Waals surface area contributed by atoms with Gasteiger partial charge in [0.2, 0.25) is 5.91 Å². The highest BCUT2D eigenvalue weighted by molar-refractivity contribution is 7.84. The van der Waals surface area contributed by atoms with Crippen molar-refractivity contribution < 1.29 is 9.00 Å². The molecule has 3 atom stereocenters. The average Bonchev–Trinajstić information content (AvgIpc) is 2.96. The molecule has 0 saturated heterocycles. The van der Waals surface area contributed by atoms with Gasteiger partial charge in [-0.25, -0.2) is 0 Å². The summed E-state index contributed by atoms with van der Waals surface area (Å²) < 4.78 is 11.1. The van der Waals surface area contributed by atoms with Crippen LogP contribution in [0.5, 0.6) is 0 Å². The van der Waals surface area contributed by atoms with Gasteiger partial charge in [0.1, 0.15) is 0 Å². The predicted octanol–water partition coefficient (Wildman–Crippen LogP) is 0.0101. The monoisotopic (exact) mass is 232 g/mol. The van der Waals surface area contributed by atoms with E-state index in [9.17, 15) is 9.00 Å². The smallest absolute Gasteiger partial charge is 0.237 e. The molecule has 5 heteroatoms. The number of rotatable bonds is 6. The number of amides is 1. The van der Waals surface area contributed by atoms with Crippen molar-refractivity contribution >= 4 is 16.7 Å². The summed E-state index contributed by atoms with van der Waals surface area (Å²) in [6.07, 6.45) is 3.89. The molecule has 88 valence electrons. The Morgan fingerprint density at radius 1 is 1.47 bits per heavy atom. The van der Waals surface area contributed by atoms with Gasteiger partial charge in [-0.1, -0.05) is 0 Å². The molecule has 2 N–H and O–H groups in total. The van der Waals surface area contributed by atoms with Crippen LogP contribution < -0.4 is 10.6 Å². The maximum absolute atomic E-state index is 11.5.